The maximum absolute atomic E-state index is 5.18. The zero-order valence-corrected chi connectivity index (χ0v) is 10.3. The van der Waals surface area contributed by atoms with E-state index in [0.29, 0.717) is 5.88 Å². The minimum Gasteiger partial charge on any atom is -0.481 e. The molecular formula is C13H19N3O. The molecule has 0 atom stereocenters. The van der Waals surface area contributed by atoms with Gasteiger partial charge in [0.05, 0.1) is 18.3 Å². The highest BCUT2D eigenvalue weighted by Gasteiger charge is 2.35. The minimum atomic E-state index is 0.213. The van der Waals surface area contributed by atoms with Crippen LogP contribution >= 0.6 is 0 Å². The molecule has 2 aliphatic rings. The molecular weight excluding hydrogens is 214 g/mol. The van der Waals surface area contributed by atoms with Gasteiger partial charge < -0.3 is 15.4 Å². The van der Waals surface area contributed by atoms with E-state index in [1.165, 1.54) is 32.1 Å². The van der Waals surface area contributed by atoms with Crippen molar-refractivity contribution in [2.24, 2.45) is 0 Å². The van der Waals surface area contributed by atoms with E-state index in [9.17, 15) is 0 Å². The van der Waals surface area contributed by atoms with Gasteiger partial charge in [-0.1, -0.05) is 19.3 Å². The van der Waals surface area contributed by atoms with Crippen LogP contribution in [0.5, 0.6) is 5.88 Å². The van der Waals surface area contributed by atoms with Crippen LogP contribution in [0.3, 0.4) is 0 Å². The smallest absolute Gasteiger partial charge is 0.215 e. The molecule has 0 amide bonds. The molecule has 4 nitrogen and oxygen atoms in total. The third-order valence-electron chi connectivity index (χ3n) is 3.89. The van der Waals surface area contributed by atoms with E-state index in [1.54, 1.807) is 7.11 Å². The molecule has 1 aromatic rings. The molecule has 2 heterocycles. The average molecular weight is 233 g/mol. The van der Waals surface area contributed by atoms with Crippen molar-refractivity contribution in [1.29, 1.82) is 0 Å². The highest BCUT2D eigenvalue weighted by molar-refractivity contribution is 5.69. The second-order valence-electron chi connectivity index (χ2n) is 5.07. The summed E-state index contributed by atoms with van der Waals surface area (Å²) in [5.41, 5.74) is 1.30. The van der Waals surface area contributed by atoms with Gasteiger partial charge in [0.2, 0.25) is 5.88 Å². The largest absolute Gasteiger partial charge is 0.481 e. The van der Waals surface area contributed by atoms with Crippen molar-refractivity contribution in [1.82, 2.24) is 4.98 Å². The predicted molar refractivity (Wildman–Crippen MR) is 68.7 cm³/mol. The first-order chi connectivity index (χ1) is 8.31. The Morgan fingerprint density at radius 3 is 2.82 bits per heavy atom. The molecule has 1 aromatic heterocycles. The molecule has 3 rings (SSSR count). The predicted octanol–water partition coefficient (Wildman–Crippen LogP) is 2.63. The van der Waals surface area contributed by atoms with Crippen LogP contribution in [-0.2, 0) is 0 Å². The zero-order chi connectivity index (χ0) is 11.7. The van der Waals surface area contributed by atoms with Crippen LogP contribution in [0, 0.1) is 0 Å². The highest BCUT2D eigenvalue weighted by Crippen LogP contribution is 2.37. The molecule has 4 heteroatoms. The monoisotopic (exact) mass is 233 g/mol. The summed E-state index contributed by atoms with van der Waals surface area (Å²) in [7, 11) is 1.65. The van der Waals surface area contributed by atoms with Gasteiger partial charge in [-0.2, -0.15) is 4.98 Å². The Balaban J connectivity index is 1.87. The Morgan fingerprint density at radius 2 is 2.06 bits per heavy atom. The van der Waals surface area contributed by atoms with E-state index in [2.05, 4.69) is 15.6 Å². The first-order valence-corrected chi connectivity index (χ1v) is 6.38. The van der Waals surface area contributed by atoms with Gasteiger partial charge in [-0.15, -0.1) is 0 Å². The molecule has 0 bridgehead atoms. The van der Waals surface area contributed by atoms with Crippen LogP contribution in [0.1, 0.15) is 32.1 Å². The van der Waals surface area contributed by atoms with Crippen LogP contribution in [0.25, 0.3) is 0 Å². The molecule has 0 unspecified atom stereocenters. The van der Waals surface area contributed by atoms with E-state index in [1.807, 2.05) is 12.1 Å². The van der Waals surface area contributed by atoms with Crippen molar-refractivity contribution in [2.75, 3.05) is 24.3 Å². The van der Waals surface area contributed by atoms with Gasteiger partial charge in [0.25, 0.3) is 0 Å². The summed E-state index contributed by atoms with van der Waals surface area (Å²) in [6, 6.07) is 3.93. The summed E-state index contributed by atoms with van der Waals surface area (Å²) >= 11 is 0. The molecule has 0 aromatic carbocycles. The molecule has 92 valence electrons. The number of pyridine rings is 1. The molecule has 2 N–H and O–H groups in total. The maximum Gasteiger partial charge on any atom is 0.215 e. The van der Waals surface area contributed by atoms with Gasteiger partial charge in [0, 0.05) is 12.6 Å². The lowest BCUT2D eigenvalue weighted by Gasteiger charge is -2.42. The lowest BCUT2D eigenvalue weighted by atomic mass is 9.80. The molecule has 1 aliphatic heterocycles. The number of nitrogens with one attached hydrogen (secondary N) is 2. The number of fused-ring (bicyclic) bond motifs is 1. The Bertz CT molecular complexity index is 413. The number of nitrogens with zero attached hydrogens (tertiary/aromatic N) is 1. The van der Waals surface area contributed by atoms with Crippen molar-refractivity contribution in [2.45, 2.75) is 37.6 Å². The molecule has 0 saturated heterocycles. The van der Waals surface area contributed by atoms with Crippen LogP contribution < -0.4 is 15.4 Å². The second-order valence-corrected chi connectivity index (χ2v) is 5.07. The van der Waals surface area contributed by atoms with Crippen LogP contribution in [0.15, 0.2) is 12.1 Å². The van der Waals surface area contributed by atoms with Gasteiger partial charge in [0.1, 0.15) is 0 Å². The number of aromatic nitrogens is 1. The van der Waals surface area contributed by atoms with E-state index in [-0.39, 0.29) is 5.54 Å². The Morgan fingerprint density at radius 1 is 1.24 bits per heavy atom. The number of methoxy groups -OCH3 is 1. The quantitative estimate of drug-likeness (QED) is 0.782. The van der Waals surface area contributed by atoms with Crippen molar-refractivity contribution in [3.63, 3.8) is 0 Å². The van der Waals surface area contributed by atoms with E-state index >= 15 is 0 Å². The topological polar surface area (TPSA) is 46.2 Å². The first kappa shape index (κ1) is 10.7. The molecule has 1 fully saturated rings. The highest BCUT2D eigenvalue weighted by atomic mass is 16.5. The Kier molecular flexibility index (Phi) is 2.57. The number of ether oxygens (including phenoxy) is 1. The summed E-state index contributed by atoms with van der Waals surface area (Å²) in [4.78, 5) is 4.49. The van der Waals surface area contributed by atoms with Crippen LogP contribution in [-0.4, -0.2) is 24.2 Å². The van der Waals surface area contributed by atoms with Gasteiger partial charge >= 0.3 is 0 Å². The summed E-state index contributed by atoms with van der Waals surface area (Å²) in [6.07, 6.45) is 6.46. The number of hydrogen-bond acceptors (Lipinski definition) is 4. The summed E-state index contributed by atoms with van der Waals surface area (Å²) in [5, 5.41) is 7.13. The number of anilines is 2. The standard InChI is InChI=1S/C13H19N3O/c1-17-11-6-5-10-12(15-11)16-13(9-14-10)7-3-2-4-8-13/h5-6,14H,2-4,7-9H2,1H3,(H,15,16). The van der Waals surface area contributed by atoms with Gasteiger partial charge in [-0.05, 0) is 18.9 Å². The van der Waals surface area contributed by atoms with Gasteiger partial charge in [0.15, 0.2) is 5.82 Å². The van der Waals surface area contributed by atoms with E-state index in [4.69, 9.17) is 4.74 Å². The van der Waals surface area contributed by atoms with Crippen molar-refractivity contribution >= 4 is 11.5 Å². The normalized spacial score (nSPS) is 21.2. The van der Waals surface area contributed by atoms with Crippen molar-refractivity contribution < 1.29 is 4.74 Å². The molecule has 0 radical (unpaired) electrons. The molecule has 1 saturated carbocycles. The van der Waals surface area contributed by atoms with Gasteiger partial charge in [-0.25, -0.2) is 0 Å². The van der Waals surface area contributed by atoms with E-state index < -0.39 is 0 Å². The molecule has 1 spiro atoms. The first-order valence-electron chi connectivity index (χ1n) is 6.38. The fraction of sp³-hybridized carbons (Fsp3) is 0.615. The van der Waals surface area contributed by atoms with Crippen molar-refractivity contribution in [3.8, 4) is 5.88 Å². The average Bonchev–Trinajstić information content (AvgIpc) is 2.39. The third-order valence-corrected chi connectivity index (χ3v) is 3.89. The Labute approximate surface area is 102 Å². The fourth-order valence-corrected chi connectivity index (χ4v) is 2.88. The zero-order valence-electron chi connectivity index (χ0n) is 10.3. The number of rotatable bonds is 1. The molecule has 1 aliphatic carbocycles. The second kappa shape index (κ2) is 4.09. The van der Waals surface area contributed by atoms with Crippen LogP contribution in [0.4, 0.5) is 11.5 Å². The summed E-state index contributed by atoms with van der Waals surface area (Å²) in [6.45, 7) is 1.01. The third kappa shape index (κ3) is 1.92. The van der Waals surface area contributed by atoms with Crippen molar-refractivity contribution in [3.05, 3.63) is 12.1 Å². The number of hydrogen-bond donors (Lipinski definition) is 2. The minimum absolute atomic E-state index is 0.213. The lowest BCUT2D eigenvalue weighted by molar-refractivity contribution is 0.332. The van der Waals surface area contributed by atoms with Gasteiger partial charge in [-0.3, -0.25) is 0 Å². The fourth-order valence-electron chi connectivity index (χ4n) is 2.88. The molecule has 17 heavy (non-hydrogen) atoms. The summed E-state index contributed by atoms with van der Waals surface area (Å²) in [5.74, 6) is 1.61. The Hall–Kier alpha value is -1.45. The maximum atomic E-state index is 5.18. The van der Waals surface area contributed by atoms with E-state index in [0.717, 1.165) is 18.1 Å². The SMILES string of the molecule is COc1ccc2c(n1)NC1(CCCCC1)CN2. The summed E-state index contributed by atoms with van der Waals surface area (Å²) < 4.78 is 5.18. The lowest BCUT2D eigenvalue weighted by Crippen LogP contribution is -2.49. The van der Waals surface area contributed by atoms with Crippen LogP contribution in [0.2, 0.25) is 0 Å².